The van der Waals surface area contributed by atoms with Gasteiger partial charge in [-0.15, -0.1) is 0 Å². The Morgan fingerprint density at radius 3 is 2.20 bits per heavy atom. The highest BCUT2D eigenvalue weighted by atomic mass is 35.5. The summed E-state index contributed by atoms with van der Waals surface area (Å²) in [6.07, 6.45) is 0. The maximum atomic E-state index is 12.7. The van der Waals surface area contributed by atoms with E-state index in [1.54, 1.807) is 18.2 Å². The Kier molecular flexibility index (Phi) is 6.09. The van der Waals surface area contributed by atoms with E-state index in [9.17, 15) is 4.79 Å². The number of hydrogen-bond acceptors (Lipinski definition) is 3. The first kappa shape index (κ1) is 19.3. The van der Waals surface area contributed by atoms with Crippen molar-refractivity contribution in [1.82, 2.24) is 5.43 Å². The molecule has 2 rings (SSSR count). The summed E-state index contributed by atoms with van der Waals surface area (Å²) in [5.41, 5.74) is 7.87. The van der Waals surface area contributed by atoms with E-state index in [1.807, 2.05) is 52.0 Å². The summed E-state index contributed by atoms with van der Waals surface area (Å²) in [4.78, 5) is 17.1. The summed E-state index contributed by atoms with van der Waals surface area (Å²) in [6, 6.07) is 12.8. The van der Waals surface area contributed by atoms with Crippen LogP contribution < -0.4 is 10.9 Å². The number of carbonyl (C=O) groups is 1. The summed E-state index contributed by atoms with van der Waals surface area (Å²) >= 11 is 12.0. The number of benzene rings is 2. The Balaban J connectivity index is 2.29. The molecule has 0 bridgehead atoms. The molecule has 0 aromatic heterocycles. The Labute approximate surface area is 158 Å². The largest absolute Gasteiger partial charge is 0.300 e. The van der Waals surface area contributed by atoms with Crippen LogP contribution in [-0.2, 0) is 4.79 Å². The fraction of sp³-hybridized carbons (Fsp3) is 0.263. The fourth-order valence-electron chi connectivity index (χ4n) is 1.94. The van der Waals surface area contributed by atoms with Crippen LogP contribution in [0.4, 0.5) is 11.4 Å². The van der Waals surface area contributed by atoms with E-state index in [0.717, 1.165) is 11.3 Å². The standard InChI is InChI=1S/C19H21Cl2N3O/c1-12-5-7-13(8-6-12)23-24-18(17(25)19(2,3)4)22-14-9-10-15(20)16(21)11-14/h5-11,23H,1-4H3,(H,22,24). The number of nitrogens with one attached hydrogen (secondary N) is 2. The van der Waals surface area contributed by atoms with Crippen molar-refractivity contribution in [2.24, 2.45) is 10.4 Å². The quantitative estimate of drug-likeness (QED) is 0.416. The van der Waals surface area contributed by atoms with Crippen LogP contribution in [0.3, 0.4) is 0 Å². The van der Waals surface area contributed by atoms with E-state index in [-0.39, 0.29) is 11.6 Å². The molecule has 0 radical (unpaired) electrons. The van der Waals surface area contributed by atoms with Gasteiger partial charge < -0.3 is 0 Å². The van der Waals surface area contributed by atoms with Gasteiger partial charge in [0.15, 0.2) is 5.84 Å². The number of halogens is 2. The zero-order valence-corrected chi connectivity index (χ0v) is 16.2. The lowest BCUT2D eigenvalue weighted by Gasteiger charge is -2.20. The molecule has 0 aliphatic carbocycles. The molecule has 6 heteroatoms. The van der Waals surface area contributed by atoms with Crippen LogP contribution in [0.25, 0.3) is 0 Å². The number of anilines is 1. The van der Waals surface area contributed by atoms with Crippen molar-refractivity contribution < 1.29 is 4.79 Å². The first-order valence-corrected chi connectivity index (χ1v) is 8.59. The van der Waals surface area contributed by atoms with Gasteiger partial charge in [-0.2, -0.15) is 0 Å². The number of aryl methyl sites for hydroxylation is 1. The number of carbonyl (C=O) groups excluding carboxylic acids is 1. The second-order valence-corrected chi connectivity index (χ2v) is 7.57. The molecule has 2 N–H and O–H groups in total. The Hall–Kier alpha value is -2.04. The van der Waals surface area contributed by atoms with Crippen molar-refractivity contribution in [2.75, 3.05) is 5.43 Å². The molecule has 0 saturated heterocycles. The van der Waals surface area contributed by atoms with E-state index in [4.69, 9.17) is 23.2 Å². The number of nitrogens with zero attached hydrogens (tertiary/aromatic N) is 1. The number of hydrogen-bond donors (Lipinski definition) is 2. The lowest BCUT2D eigenvalue weighted by Crippen LogP contribution is -2.41. The molecule has 4 nitrogen and oxygen atoms in total. The second kappa shape index (κ2) is 7.89. The molecule has 2 aromatic rings. The van der Waals surface area contributed by atoms with Crippen molar-refractivity contribution in [3.63, 3.8) is 0 Å². The average Bonchev–Trinajstić information content (AvgIpc) is 2.54. The number of amidine groups is 1. The number of Topliss-reactive ketones (excluding diaryl/α,β-unsaturated/α-hetero) is 1. The summed E-state index contributed by atoms with van der Waals surface area (Å²) in [6.45, 7) is 7.53. The molecule has 0 heterocycles. The van der Waals surface area contributed by atoms with Crippen LogP contribution in [0.2, 0.25) is 10.0 Å². The number of rotatable bonds is 4. The molecule has 25 heavy (non-hydrogen) atoms. The van der Waals surface area contributed by atoms with Crippen LogP contribution in [-0.4, -0.2) is 11.6 Å². The Bertz CT molecular complexity index is 793. The molecule has 0 aliphatic heterocycles. The Morgan fingerprint density at radius 2 is 1.64 bits per heavy atom. The molecule has 0 amide bonds. The van der Waals surface area contributed by atoms with Crippen molar-refractivity contribution in [3.8, 4) is 0 Å². The minimum atomic E-state index is -0.586. The highest BCUT2D eigenvalue weighted by Crippen LogP contribution is 2.27. The van der Waals surface area contributed by atoms with E-state index < -0.39 is 5.41 Å². The maximum Gasteiger partial charge on any atom is 0.204 e. The molecule has 0 fully saturated rings. The van der Waals surface area contributed by atoms with E-state index in [1.165, 1.54) is 0 Å². The van der Waals surface area contributed by atoms with Gasteiger partial charge in [-0.1, -0.05) is 61.7 Å². The van der Waals surface area contributed by atoms with Crippen LogP contribution in [0.15, 0.2) is 47.5 Å². The van der Waals surface area contributed by atoms with Gasteiger partial charge in [0.2, 0.25) is 5.78 Å². The summed E-state index contributed by atoms with van der Waals surface area (Å²) < 4.78 is 0. The van der Waals surface area contributed by atoms with Crippen LogP contribution in [0.1, 0.15) is 26.3 Å². The van der Waals surface area contributed by atoms with Crippen LogP contribution in [0, 0.1) is 12.3 Å². The smallest absolute Gasteiger partial charge is 0.204 e. The van der Waals surface area contributed by atoms with Gasteiger partial charge in [-0.05, 0) is 37.3 Å². The molecule has 0 saturated carbocycles. The SMILES string of the molecule is Cc1ccc(NNC(=Nc2ccc(Cl)c(Cl)c2)C(=O)C(C)(C)C)cc1. The van der Waals surface area contributed by atoms with Crippen molar-refractivity contribution in [2.45, 2.75) is 27.7 Å². The molecule has 0 spiro atoms. The Morgan fingerprint density at radius 1 is 1.00 bits per heavy atom. The third kappa shape index (κ3) is 5.48. The zero-order valence-electron chi connectivity index (χ0n) is 14.7. The lowest BCUT2D eigenvalue weighted by molar-refractivity contribution is -0.119. The maximum absolute atomic E-state index is 12.7. The van der Waals surface area contributed by atoms with E-state index >= 15 is 0 Å². The predicted octanol–water partition coefficient (Wildman–Crippen LogP) is 5.56. The topological polar surface area (TPSA) is 53.5 Å². The average molecular weight is 378 g/mol. The minimum Gasteiger partial charge on any atom is -0.300 e. The predicted molar refractivity (Wildman–Crippen MR) is 106 cm³/mol. The minimum absolute atomic E-state index is 0.127. The van der Waals surface area contributed by atoms with Gasteiger partial charge in [0.25, 0.3) is 0 Å². The third-order valence-corrected chi connectivity index (χ3v) is 4.16. The monoisotopic (exact) mass is 377 g/mol. The highest BCUT2D eigenvalue weighted by Gasteiger charge is 2.26. The van der Waals surface area contributed by atoms with Crippen LogP contribution in [0.5, 0.6) is 0 Å². The van der Waals surface area contributed by atoms with Gasteiger partial charge in [0.05, 0.1) is 21.4 Å². The lowest BCUT2D eigenvalue weighted by atomic mass is 9.90. The third-order valence-electron chi connectivity index (χ3n) is 3.42. The summed E-state index contributed by atoms with van der Waals surface area (Å²) in [5.74, 6) is 0.0737. The highest BCUT2D eigenvalue weighted by molar-refractivity contribution is 6.42. The summed E-state index contributed by atoms with van der Waals surface area (Å²) in [5, 5.41) is 0.826. The van der Waals surface area contributed by atoms with Gasteiger partial charge in [-0.25, -0.2) is 4.99 Å². The molecule has 2 aromatic carbocycles. The number of hydrazine groups is 1. The first-order valence-electron chi connectivity index (χ1n) is 7.84. The van der Waals surface area contributed by atoms with Crippen molar-refractivity contribution in [3.05, 3.63) is 58.1 Å². The van der Waals surface area contributed by atoms with Crippen molar-refractivity contribution in [1.29, 1.82) is 0 Å². The van der Waals surface area contributed by atoms with Gasteiger partial charge in [-0.3, -0.25) is 15.6 Å². The van der Waals surface area contributed by atoms with Gasteiger partial charge in [0, 0.05) is 5.41 Å². The molecule has 0 aliphatic rings. The van der Waals surface area contributed by atoms with Crippen molar-refractivity contribution >= 4 is 46.2 Å². The van der Waals surface area contributed by atoms with Gasteiger partial charge >= 0.3 is 0 Å². The van der Waals surface area contributed by atoms with E-state index in [2.05, 4.69) is 15.8 Å². The zero-order chi connectivity index (χ0) is 18.6. The number of ketones is 1. The molecule has 132 valence electrons. The van der Waals surface area contributed by atoms with E-state index in [0.29, 0.717) is 15.7 Å². The summed E-state index contributed by atoms with van der Waals surface area (Å²) in [7, 11) is 0. The normalized spacial score (nSPS) is 12.0. The fourth-order valence-corrected chi connectivity index (χ4v) is 2.23. The molecular weight excluding hydrogens is 357 g/mol. The molecule has 0 unspecified atom stereocenters. The van der Waals surface area contributed by atoms with Crippen LogP contribution >= 0.6 is 23.2 Å². The van der Waals surface area contributed by atoms with Gasteiger partial charge in [0.1, 0.15) is 0 Å². The molecule has 0 atom stereocenters. The number of aliphatic imine (C=N–C) groups is 1. The second-order valence-electron chi connectivity index (χ2n) is 6.75. The molecular formula is C19H21Cl2N3O. The first-order chi connectivity index (χ1) is 11.7.